The third kappa shape index (κ3) is 2.70. The van der Waals surface area contributed by atoms with Crippen LogP contribution in [0, 0.1) is 0 Å². The lowest BCUT2D eigenvalue weighted by Crippen LogP contribution is -2.35. The van der Waals surface area contributed by atoms with E-state index >= 15 is 0 Å². The Balaban J connectivity index is 2.75. The standard InChI is InChI=1S/C9H12N2O3/c1-6(5-12)11-9(14)7-2-3-10-8(13)4-7/h2-4,6,12H,5H2,1H3,(H,10,13)(H,11,14)/t6-/m1/s1. The Labute approximate surface area is 80.8 Å². The van der Waals surface area contributed by atoms with Crippen molar-refractivity contribution in [3.8, 4) is 0 Å². The van der Waals surface area contributed by atoms with Crippen molar-refractivity contribution < 1.29 is 9.90 Å². The van der Waals surface area contributed by atoms with Crippen LogP contribution in [0.2, 0.25) is 0 Å². The number of aliphatic hydroxyl groups is 1. The highest BCUT2D eigenvalue weighted by Crippen LogP contribution is 1.93. The van der Waals surface area contributed by atoms with Crippen molar-refractivity contribution in [3.05, 3.63) is 34.2 Å². The van der Waals surface area contributed by atoms with Gasteiger partial charge >= 0.3 is 0 Å². The minimum Gasteiger partial charge on any atom is -0.394 e. The molecule has 0 saturated carbocycles. The van der Waals surface area contributed by atoms with Crippen LogP contribution in [-0.4, -0.2) is 28.6 Å². The van der Waals surface area contributed by atoms with E-state index in [2.05, 4.69) is 10.3 Å². The number of nitrogens with one attached hydrogen (secondary N) is 2. The number of carbonyl (C=O) groups excluding carboxylic acids is 1. The number of pyridine rings is 1. The number of aromatic nitrogens is 1. The summed E-state index contributed by atoms with van der Waals surface area (Å²) in [6.07, 6.45) is 1.40. The monoisotopic (exact) mass is 196 g/mol. The molecule has 0 aliphatic heterocycles. The summed E-state index contributed by atoms with van der Waals surface area (Å²) in [5, 5.41) is 11.2. The Hall–Kier alpha value is -1.62. The number of amides is 1. The van der Waals surface area contributed by atoms with Crippen LogP contribution in [0.4, 0.5) is 0 Å². The van der Waals surface area contributed by atoms with Crippen LogP contribution in [0.25, 0.3) is 0 Å². The molecule has 1 aromatic heterocycles. The van der Waals surface area contributed by atoms with E-state index in [4.69, 9.17) is 5.11 Å². The molecule has 76 valence electrons. The van der Waals surface area contributed by atoms with E-state index in [1.54, 1.807) is 6.92 Å². The Morgan fingerprint density at radius 1 is 1.71 bits per heavy atom. The molecule has 0 unspecified atom stereocenters. The molecule has 0 aromatic carbocycles. The molecule has 1 atom stereocenters. The van der Waals surface area contributed by atoms with E-state index < -0.39 is 0 Å². The highest BCUT2D eigenvalue weighted by Gasteiger charge is 2.08. The molecule has 3 N–H and O–H groups in total. The highest BCUT2D eigenvalue weighted by molar-refractivity contribution is 5.94. The number of hydrogen-bond acceptors (Lipinski definition) is 3. The summed E-state index contributed by atoms with van der Waals surface area (Å²) in [5.74, 6) is -0.363. The zero-order chi connectivity index (χ0) is 10.6. The van der Waals surface area contributed by atoms with Gasteiger partial charge in [-0.3, -0.25) is 9.59 Å². The number of aliphatic hydroxyl groups excluding tert-OH is 1. The van der Waals surface area contributed by atoms with Gasteiger partial charge in [0.25, 0.3) is 5.91 Å². The zero-order valence-electron chi connectivity index (χ0n) is 7.78. The molecule has 0 fully saturated rings. The van der Waals surface area contributed by atoms with E-state index in [9.17, 15) is 9.59 Å². The zero-order valence-corrected chi connectivity index (χ0v) is 7.78. The van der Waals surface area contributed by atoms with Crippen molar-refractivity contribution in [3.63, 3.8) is 0 Å². The van der Waals surface area contributed by atoms with Gasteiger partial charge in [0, 0.05) is 23.9 Å². The van der Waals surface area contributed by atoms with Gasteiger partial charge in [-0.1, -0.05) is 0 Å². The minimum absolute atomic E-state index is 0.130. The average molecular weight is 196 g/mol. The topological polar surface area (TPSA) is 82.2 Å². The lowest BCUT2D eigenvalue weighted by atomic mass is 10.2. The van der Waals surface area contributed by atoms with Gasteiger partial charge in [0.05, 0.1) is 6.61 Å². The van der Waals surface area contributed by atoms with Gasteiger partial charge < -0.3 is 15.4 Å². The molecule has 0 aliphatic rings. The Kier molecular flexibility index (Phi) is 3.41. The van der Waals surface area contributed by atoms with Gasteiger partial charge in [-0.05, 0) is 13.0 Å². The molecule has 1 heterocycles. The molecule has 0 aliphatic carbocycles. The van der Waals surface area contributed by atoms with Crippen LogP contribution >= 0.6 is 0 Å². The Bertz CT molecular complexity index is 372. The fourth-order valence-corrected chi connectivity index (χ4v) is 0.939. The maximum Gasteiger partial charge on any atom is 0.251 e. The molecule has 1 aromatic rings. The van der Waals surface area contributed by atoms with E-state index in [1.165, 1.54) is 18.3 Å². The second-order valence-electron chi connectivity index (χ2n) is 3.00. The van der Waals surface area contributed by atoms with Crippen molar-refractivity contribution in [2.24, 2.45) is 0 Å². The fourth-order valence-electron chi connectivity index (χ4n) is 0.939. The molecular weight excluding hydrogens is 184 g/mol. The van der Waals surface area contributed by atoms with Gasteiger partial charge in [0.1, 0.15) is 0 Å². The van der Waals surface area contributed by atoms with Crippen LogP contribution in [0.15, 0.2) is 23.1 Å². The van der Waals surface area contributed by atoms with Gasteiger partial charge in [0.15, 0.2) is 0 Å². The number of rotatable bonds is 3. The summed E-state index contributed by atoms with van der Waals surface area (Å²) >= 11 is 0. The molecule has 0 spiro atoms. The van der Waals surface area contributed by atoms with Crippen LogP contribution in [0.1, 0.15) is 17.3 Å². The third-order valence-electron chi connectivity index (χ3n) is 1.69. The largest absolute Gasteiger partial charge is 0.394 e. The summed E-state index contributed by atoms with van der Waals surface area (Å²) in [6.45, 7) is 1.54. The first-order chi connectivity index (χ1) is 6.63. The van der Waals surface area contributed by atoms with Crippen molar-refractivity contribution in [1.29, 1.82) is 0 Å². The second-order valence-corrected chi connectivity index (χ2v) is 3.00. The smallest absolute Gasteiger partial charge is 0.251 e. The van der Waals surface area contributed by atoms with Gasteiger partial charge in [-0.25, -0.2) is 0 Å². The van der Waals surface area contributed by atoms with Crippen LogP contribution in [-0.2, 0) is 0 Å². The van der Waals surface area contributed by atoms with E-state index in [0.29, 0.717) is 0 Å². The van der Waals surface area contributed by atoms with E-state index in [1.807, 2.05) is 0 Å². The van der Waals surface area contributed by atoms with E-state index in [0.717, 1.165) is 0 Å². The first-order valence-corrected chi connectivity index (χ1v) is 4.24. The molecule has 5 heteroatoms. The summed E-state index contributed by atoms with van der Waals surface area (Å²) in [4.78, 5) is 24.7. The number of aromatic amines is 1. The maximum atomic E-state index is 11.4. The van der Waals surface area contributed by atoms with Crippen molar-refractivity contribution in [1.82, 2.24) is 10.3 Å². The first-order valence-electron chi connectivity index (χ1n) is 4.24. The fraction of sp³-hybridized carbons (Fsp3) is 0.333. The number of hydrogen-bond donors (Lipinski definition) is 3. The van der Waals surface area contributed by atoms with Crippen molar-refractivity contribution >= 4 is 5.91 Å². The Morgan fingerprint density at radius 2 is 2.43 bits per heavy atom. The number of carbonyl (C=O) groups is 1. The molecule has 5 nitrogen and oxygen atoms in total. The van der Waals surface area contributed by atoms with E-state index in [-0.39, 0.29) is 29.7 Å². The predicted molar refractivity (Wildman–Crippen MR) is 51.1 cm³/mol. The second kappa shape index (κ2) is 4.57. The quantitative estimate of drug-likeness (QED) is 0.608. The first kappa shape index (κ1) is 10.5. The third-order valence-corrected chi connectivity index (χ3v) is 1.69. The average Bonchev–Trinajstić information content (AvgIpc) is 2.17. The summed E-state index contributed by atoms with van der Waals surface area (Å²) in [7, 11) is 0. The summed E-state index contributed by atoms with van der Waals surface area (Å²) in [6, 6.07) is 2.39. The van der Waals surface area contributed by atoms with Crippen LogP contribution < -0.4 is 10.9 Å². The molecule has 1 rings (SSSR count). The maximum absolute atomic E-state index is 11.4. The van der Waals surface area contributed by atoms with Crippen molar-refractivity contribution in [2.75, 3.05) is 6.61 Å². The molecule has 14 heavy (non-hydrogen) atoms. The summed E-state index contributed by atoms with van der Waals surface area (Å²) in [5.41, 5.74) is -0.0386. The molecule has 0 saturated heterocycles. The normalized spacial score (nSPS) is 12.1. The summed E-state index contributed by atoms with van der Waals surface area (Å²) < 4.78 is 0. The van der Waals surface area contributed by atoms with Gasteiger partial charge in [-0.15, -0.1) is 0 Å². The van der Waals surface area contributed by atoms with Gasteiger partial charge in [-0.2, -0.15) is 0 Å². The molecule has 1 amide bonds. The lowest BCUT2D eigenvalue weighted by molar-refractivity contribution is 0.0922. The predicted octanol–water partition coefficient (Wildman–Crippen LogP) is -0.514. The highest BCUT2D eigenvalue weighted by atomic mass is 16.3. The number of H-pyrrole nitrogens is 1. The van der Waals surface area contributed by atoms with Gasteiger partial charge in [0.2, 0.25) is 5.56 Å². The molecule has 0 bridgehead atoms. The molecule has 0 radical (unpaired) electrons. The SMILES string of the molecule is C[C@H](CO)NC(=O)c1cc[nH]c(=O)c1. The minimum atomic E-state index is -0.363. The molecular formula is C9H12N2O3. The Morgan fingerprint density at radius 3 is 3.00 bits per heavy atom. The lowest BCUT2D eigenvalue weighted by Gasteiger charge is -2.09. The van der Waals surface area contributed by atoms with Crippen molar-refractivity contribution in [2.45, 2.75) is 13.0 Å². The van der Waals surface area contributed by atoms with Crippen LogP contribution in [0.3, 0.4) is 0 Å². The van der Waals surface area contributed by atoms with Crippen LogP contribution in [0.5, 0.6) is 0 Å².